The monoisotopic (exact) mass is 853 g/mol. The van der Waals surface area contributed by atoms with Crippen molar-refractivity contribution in [2.75, 3.05) is 25.1 Å². The van der Waals surface area contributed by atoms with Gasteiger partial charge in [0.1, 0.15) is 29.9 Å². The second kappa shape index (κ2) is 23.0. The zero-order valence-corrected chi connectivity index (χ0v) is 35.4. The van der Waals surface area contributed by atoms with Crippen molar-refractivity contribution in [3.63, 3.8) is 0 Å². The van der Waals surface area contributed by atoms with E-state index in [-0.39, 0.29) is 43.8 Å². The quantitative estimate of drug-likeness (QED) is 0.0545. The van der Waals surface area contributed by atoms with E-state index >= 15 is 0 Å². The number of unbranched alkanes of at least 4 members (excludes halogenated alkanes) is 1. The van der Waals surface area contributed by atoms with Crippen molar-refractivity contribution in [2.45, 2.75) is 88.9 Å². The number of aromatic amines is 1. The Balaban J connectivity index is 1.27. The standard InChI is InChI=1S/C45H55N7O8S/c1-3-4-13-35(42(57)46-23-21-29-10-6-5-7-11-29)50-44(59)37(26-31-27-47-34-14-9-8-12-33(31)34)49-39(54)28-48-43(58)36(22-24-61-2)51-45(60)38(52-40(55)19-20-41(52)56)25-30-15-17-32(53)18-16-30/h5-12,14-18,27,35-38,47,53H,3-4,13,19-26,28H2,1-2H3,(H,46,57)(H,48,58)(H,49,54)(H,50,59)(H,51,60)/t35-,36-,37+,38-/m0/s1. The van der Waals surface area contributed by atoms with E-state index in [1.807, 2.05) is 67.8 Å². The molecule has 5 rings (SSSR count). The fourth-order valence-corrected chi connectivity index (χ4v) is 7.65. The van der Waals surface area contributed by atoms with E-state index in [1.54, 1.807) is 18.3 Å². The Morgan fingerprint density at radius 1 is 0.738 bits per heavy atom. The molecule has 0 bridgehead atoms. The van der Waals surface area contributed by atoms with Crippen molar-refractivity contribution in [1.82, 2.24) is 36.5 Å². The summed E-state index contributed by atoms with van der Waals surface area (Å²) in [5, 5.41) is 24.5. The predicted octanol–water partition coefficient (Wildman–Crippen LogP) is 3.05. The molecule has 16 heteroatoms. The van der Waals surface area contributed by atoms with Gasteiger partial charge in [-0.1, -0.05) is 80.4 Å². The maximum Gasteiger partial charge on any atom is 0.244 e. The fraction of sp³-hybridized carbons (Fsp3) is 0.400. The maximum atomic E-state index is 14.0. The number of hydrogen-bond acceptors (Lipinski definition) is 9. The summed E-state index contributed by atoms with van der Waals surface area (Å²) >= 11 is 1.44. The summed E-state index contributed by atoms with van der Waals surface area (Å²) in [6.45, 7) is 1.83. The zero-order chi connectivity index (χ0) is 43.7. The average molecular weight is 854 g/mol. The number of nitrogens with one attached hydrogen (secondary N) is 6. The number of likely N-dealkylation sites (tertiary alicyclic amines) is 1. The molecule has 61 heavy (non-hydrogen) atoms. The number of benzene rings is 3. The molecule has 0 saturated carbocycles. The number of aromatic hydroxyl groups is 1. The Morgan fingerprint density at radius 2 is 1.39 bits per heavy atom. The average Bonchev–Trinajstić information content (AvgIpc) is 3.83. The summed E-state index contributed by atoms with van der Waals surface area (Å²) in [5.74, 6) is -3.52. The first-order chi connectivity index (χ1) is 29.5. The lowest BCUT2D eigenvalue weighted by Gasteiger charge is -2.28. The van der Waals surface area contributed by atoms with Crippen LogP contribution in [-0.4, -0.2) is 106 Å². The van der Waals surface area contributed by atoms with Crippen LogP contribution in [0.1, 0.15) is 62.1 Å². The minimum atomic E-state index is -1.25. The summed E-state index contributed by atoms with van der Waals surface area (Å²) in [5.41, 5.74) is 3.25. The zero-order valence-electron chi connectivity index (χ0n) is 34.5. The number of thioether (sulfide) groups is 1. The Bertz CT molecular complexity index is 2130. The van der Waals surface area contributed by atoms with Gasteiger partial charge < -0.3 is 36.7 Å². The number of imide groups is 1. The van der Waals surface area contributed by atoms with Gasteiger partial charge in [-0.2, -0.15) is 11.8 Å². The van der Waals surface area contributed by atoms with Crippen molar-refractivity contribution in [1.29, 1.82) is 0 Å². The Morgan fingerprint density at radius 3 is 2.10 bits per heavy atom. The molecule has 2 heterocycles. The van der Waals surface area contributed by atoms with Crippen molar-refractivity contribution >= 4 is 64.0 Å². The molecular weight excluding hydrogens is 799 g/mol. The lowest BCUT2D eigenvalue weighted by atomic mass is 10.0. The Hall–Kier alpha value is -6.16. The number of phenolic OH excluding ortho intramolecular Hbond substituents is 1. The van der Waals surface area contributed by atoms with Crippen molar-refractivity contribution in [3.05, 3.63) is 102 Å². The van der Waals surface area contributed by atoms with Crippen molar-refractivity contribution in [2.24, 2.45) is 0 Å². The van der Waals surface area contributed by atoms with Gasteiger partial charge >= 0.3 is 0 Å². The van der Waals surface area contributed by atoms with Crippen LogP contribution in [0.2, 0.25) is 0 Å². The van der Waals surface area contributed by atoms with Gasteiger partial charge in [0.25, 0.3) is 0 Å². The van der Waals surface area contributed by atoms with Crippen LogP contribution in [0.5, 0.6) is 5.75 Å². The molecule has 7 N–H and O–H groups in total. The number of hydrogen-bond donors (Lipinski definition) is 7. The van der Waals surface area contributed by atoms with E-state index < -0.39 is 66.2 Å². The third-order valence-electron chi connectivity index (χ3n) is 10.5. The highest BCUT2D eigenvalue weighted by Gasteiger charge is 2.40. The van der Waals surface area contributed by atoms with Gasteiger partial charge in [0.2, 0.25) is 41.4 Å². The van der Waals surface area contributed by atoms with Gasteiger partial charge in [-0.25, -0.2) is 0 Å². The summed E-state index contributed by atoms with van der Waals surface area (Å²) in [6.07, 6.45) is 6.21. The van der Waals surface area contributed by atoms with Crippen LogP contribution in [0.15, 0.2) is 85.1 Å². The molecule has 0 aliphatic carbocycles. The number of phenols is 1. The Labute approximate surface area is 359 Å². The van der Waals surface area contributed by atoms with Crippen LogP contribution in [0, 0.1) is 0 Å². The van der Waals surface area contributed by atoms with E-state index in [4.69, 9.17) is 0 Å². The number of fused-ring (bicyclic) bond motifs is 1. The van der Waals surface area contributed by atoms with Crippen LogP contribution in [0.4, 0.5) is 0 Å². The molecule has 0 unspecified atom stereocenters. The molecule has 1 aliphatic heterocycles. The smallest absolute Gasteiger partial charge is 0.244 e. The molecule has 3 aromatic carbocycles. The van der Waals surface area contributed by atoms with Gasteiger partial charge in [-0.15, -0.1) is 0 Å². The van der Waals surface area contributed by atoms with Gasteiger partial charge in [0.05, 0.1) is 6.54 Å². The molecule has 0 spiro atoms. The van der Waals surface area contributed by atoms with Gasteiger partial charge in [-0.3, -0.25) is 38.5 Å². The molecule has 15 nitrogen and oxygen atoms in total. The molecule has 7 amide bonds. The molecule has 1 saturated heterocycles. The highest BCUT2D eigenvalue weighted by Crippen LogP contribution is 2.22. The van der Waals surface area contributed by atoms with E-state index in [9.17, 15) is 38.7 Å². The van der Waals surface area contributed by atoms with E-state index in [0.29, 0.717) is 37.1 Å². The third kappa shape index (κ3) is 13.4. The van der Waals surface area contributed by atoms with E-state index in [1.165, 1.54) is 23.9 Å². The lowest BCUT2D eigenvalue weighted by Crippen LogP contribution is -2.57. The second-order valence-corrected chi connectivity index (χ2v) is 16.0. The highest BCUT2D eigenvalue weighted by molar-refractivity contribution is 7.98. The Kier molecular flexibility index (Phi) is 17.3. The number of rotatable bonds is 23. The first-order valence-corrected chi connectivity index (χ1v) is 22.0. The predicted molar refractivity (Wildman–Crippen MR) is 233 cm³/mol. The first kappa shape index (κ1) is 45.9. The van der Waals surface area contributed by atoms with Gasteiger partial charge in [0, 0.05) is 49.3 Å². The number of aromatic nitrogens is 1. The number of para-hydroxylation sites is 1. The topological polar surface area (TPSA) is 219 Å². The normalized spacial score (nSPS) is 14.5. The van der Waals surface area contributed by atoms with E-state index in [2.05, 4.69) is 31.6 Å². The lowest BCUT2D eigenvalue weighted by molar-refractivity contribution is -0.147. The van der Waals surface area contributed by atoms with Crippen LogP contribution in [0.3, 0.4) is 0 Å². The van der Waals surface area contributed by atoms with Crippen molar-refractivity contribution in [3.8, 4) is 5.75 Å². The van der Waals surface area contributed by atoms with Gasteiger partial charge in [0.15, 0.2) is 0 Å². The van der Waals surface area contributed by atoms with E-state index in [0.717, 1.165) is 33.4 Å². The number of H-pyrrole nitrogens is 1. The maximum absolute atomic E-state index is 14.0. The molecule has 0 radical (unpaired) electrons. The molecule has 1 aromatic heterocycles. The van der Waals surface area contributed by atoms with Gasteiger partial charge in [-0.05, 0) is 66.2 Å². The minimum Gasteiger partial charge on any atom is -0.508 e. The minimum absolute atomic E-state index is 0.00885. The summed E-state index contributed by atoms with van der Waals surface area (Å²) in [4.78, 5) is 98.2. The fourth-order valence-electron chi connectivity index (χ4n) is 7.18. The SMILES string of the molecule is CCCC[C@H](NC(=O)[C@@H](Cc1c[nH]c2ccccc12)NC(=O)CNC(=O)[C@H](CCSC)NC(=O)[C@H](Cc1ccc(O)cc1)N1C(=O)CCC1=O)C(=O)NCCc1ccccc1. The molecule has 324 valence electrons. The molecular formula is C45H55N7O8S. The summed E-state index contributed by atoms with van der Waals surface area (Å²) in [6, 6.07) is 18.9. The van der Waals surface area contributed by atoms with Crippen molar-refractivity contribution < 1.29 is 38.7 Å². The highest BCUT2D eigenvalue weighted by atomic mass is 32.2. The van der Waals surface area contributed by atoms with Crippen LogP contribution < -0.4 is 26.6 Å². The molecule has 1 fully saturated rings. The number of carbonyl (C=O) groups excluding carboxylic acids is 7. The molecule has 1 aliphatic rings. The second-order valence-electron chi connectivity index (χ2n) is 15.0. The van der Waals surface area contributed by atoms with Crippen LogP contribution in [-0.2, 0) is 52.8 Å². The summed E-state index contributed by atoms with van der Waals surface area (Å²) in [7, 11) is 0. The molecule has 4 aromatic rings. The first-order valence-electron chi connectivity index (χ1n) is 20.6. The van der Waals surface area contributed by atoms with Crippen LogP contribution in [0.25, 0.3) is 10.9 Å². The number of amides is 7. The molecule has 4 atom stereocenters. The summed E-state index contributed by atoms with van der Waals surface area (Å²) < 4.78 is 0. The third-order valence-corrected chi connectivity index (χ3v) is 11.2. The number of nitrogens with zero attached hydrogens (tertiary/aromatic N) is 1. The van der Waals surface area contributed by atoms with Crippen LogP contribution >= 0.6 is 11.8 Å². The largest absolute Gasteiger partial charge is 0.508 e. The number of carbonyl (C=O) groups is 7.